The quantitative estimate of drug-likeness (QED) is 0.549. The van der Waals surface area contributed by atoms with Gasteiger partial charge in [-0.05, 0) is 47.9 Å². The molecule has 160 valence electrons. The Morgan fingerprint density at radius 1 is 1.10 bits per heavy atom. The third-order valence-corrected chi connectivity index (χ3v) is 4.85. The second-order valence-corrected chi connectivity index (χ2v) is 6.95. The number of carbonyl (C=O) groups is 2. The van der Waals surface area contributed by atoms with Gasteiger partial charge < -0.3 is 19.9 Å². The van der Waals surface area contributed by atoms with Gasteiger partial charge in [-0.25, -0.2) is 4.79 Å². The molecule has 0 aliphatic rings. The fraction of sp³-hybridized carbons (Fsp3) is 0.208. The Bertz CT molecular complexity index is 1020. The van der Waals surface area contributed by atoms with Crippen LogP contribution in [0.25, 0.3) is 11.1 Å². The molecule has 7 nitrogen and oxygen atoms in total. The molecule has 2 atom stereocenters. The van der Waals surface area contributed by atoms with E-state index >= 15 is 0 Å². The summed E-state index contributed by atoms with van der Waals surface area (Å²) in [6, 6.07) is 17.2. The summed E-state index contributed by atoms with van der Waals surface area (Å²) in [6.45, 7) is 1.89. The van der Waals surface area contributed by atoms with Crippen molar-refractivity contribution in [3.8, 4) is 16.9 Å². The number of methoxy groups -OCH3 is 1. The Balaban J connectivity index is 1.90. The fourth-order valence-electron chi connectivity index (χ4n) is 3.07. The van der Waals surface area contributed by atoms with E-state index in [-0.39, 0.29) is 0 Å². The first-order chi connectivity index (χ1) is 15.0. The molecule has 1 heterocycles. The first kappa shape index (κ1) is 22.0. The normalized spacial score (nSPS) is 12.6. The zero-order valence-electron chi connectivity index (χ0n) is 17.3. The molecule has 0 aliphatic carbocycles. The number of hydrogen-bond acceptors (Lipinski definition) is 5. The van der Waals surface area contributed by atoms with Crippen molar-refractivity contribution in [1.29, 1.82) is 0 Å². The maximum atomic E-state index is 13.0. The van der Waals surface area contributed by atoms with Crippen LogP contribution >= 0.6 is 0 Å². The van der Waals surface area contributed by atoms with Crippen LogP contribution in [0.1, 0.15) is 22.8 Å². The summed E-state index contributed by atoms with van der Waals surface area (Å²) in [5.74, 6) is -1.01. The number of carboxylic acid groups (broad SMARTS) is 1. The summed E-state index contributed by atoms with van der Waals surface area (Å²) in [5, 5.41) is 12.0. The van der Waals surface area contributed by atoms with Crippen LogP contribution in [0.4, 0.5) is 0 Å². The van der Waals surface area contributed by atoms with Crippen molar-refractivity contribution in [3.63, 3.8) is 0 Å². The number of ether oxygens (including phenoxy) is 2. The Morgan fingerprint density at radius 2 is 1.87 bits per heavy atom. The molecular weight excluding hydrogens is 396 g/mol. The van der Waals surface area contributed by atoms with Gasteiger partial charge in [0.15, 0.2) is 6.04 Å². The van der Waals surface area contributed by atoms with Gasteiger partial charge in [0.25, 0.3) is 5.91 Å². The van der Waals surface area contributed by atoms with E-state index in [4.69, 9.17) is 9.47 Å². The molecule has 0 saturated carbocycles. The third kappa shape index (κ3) is 5.67. The number of benzene rings is 2. The number of nitrogens with one attached hydrogen (secondary N) is 1. The van der Waals surface area contributed by atoms with Crippen molar-refractivity contribution in [1.82, 2.24) is 10.3 Å². The number of hydrogen-bond donors (Lipinski definition) is 2. The summed E-state index contributed by atoms with van der Waals surface area (Å²) in [5.41, 5.74) is 2.74. The van der Waals surface area contributed by atoms with Crippen molar-refractivity contribution in [2.75, 3.05) is 7.11 Å². The molecule has 0 aliphatic heterocycles. The average molecular weight is 420 g/mol. The number of pyridine rings is 1. The van der Waals surface area contributed by atoms with Crippen LogP contribution in [0.15, 0.2) is 73.1 Å². The highest BCUT2D eigenvalue weighted by atomic mass is 16.5. The smallest absolute Gasteiger partial charge is 0.328 e. The minimum atomic E-state index is -1.17. The van der Waals surface area contributed by atoms with Gasteiger partial charge in [-0.1, -0.05) is 36.4 Å². The predicted octanol–water partition coefficient (Wildman–Crippen LogP) is 3.55. The van der Waals surface area contributed by atoms with Crippen LogP contribution in [-0.2, 0) is 16.1 Å². The van der Waals surface area contributed by atoms with E-state index in [1.165, 1.54) is 7.11 Å². The molecule has 0 fully saturated rings. The molecule has 2 aromatic carbocycles. The zero-order chi connectivity index (χ0) is 22.2. The Hall–Kier alpha value is -3.71. The molecule has 0 saturated heterocycles. The first-order valence-corrected chi connectivity index (χ1v) is 9.77. The van der Waals surface area contributed by atoms with E-state index in [2.05, 4.69) is 10.3 Å². The highest BCUT2D eigenvalue weighted by Crippen LogP contribution is 2.26. The van der Waals surface area contributed by atoms with E-state index in [1.54, 1.807) is 37.5 Å². The second kappa shape index (κ2) is 10.4. The summed E-state index contributed by atoms with van der Waals surface area (Å²) in [6.07, 6.45) is 2.61. The molecule has 31 heavy (non-hydrogen) atoms. The SMILES string of the molecule is COC(C)C(NC(=O)c1ccc(COc2cccnc2)cc1-c1ccccc1)C(=O)O. The molecule has 2 N–H and O–H groups in total. The summed E-state index contributed by atoms with van der Waals surface area (Å²) >= 11 is 0. The van der Waals surface area contributed by atoms with Crippen LogP contribution in [0.5, 0.6) is 5.75 Å². The summed E-state index contributed by atoms with van der Waals surface area (Å²) < 4.78 is 10.9. The minimum absolute atomic E-state index is 0.298. The lowest BCUT2D eigenvalue weighted by Crippen LogP contribution is -2.48. The van der Waals surface area contributed by atoms with Crippen molar-refractivity contribution >= 4 is 11.9 Å². The van der Waals surface area contributed by atoms with Crippen molar-refractivity contribution in [2.24, 2.45) is 0 Å². The number of aromatic nitrogens is 1. The van der Waals surface area contributed by atoms with E-state index in [0.29, 0.717) is 23.5 Å². The zero-order valence-corrected chi connectivity index (χ0v) is 17.3. The molecule has 3 aromatic rings. The van der Waals surface area contributed by atoms with E-state index in [1.807, 2.05) is 42.5 Å². The van der Waals surface area contributed by atoms with Gasteiger partial charge >= 0.3 is 5.97 Å². The van der Waals surface area contributed by atoms with Crippen LogP contribution in [0.3, 0.4) is 0 Å². The fourth-order valence-corrected chi connectivity index (χ4v) is 3.07. The van der Waals surface area contributed by atoms with Crippen LogP contribution in [0, 0.1) is 0 Å². The number of nitrogens with zero attached hydrogens (tertiary/aromatic N) is 1. The molecule has 7 heteroatoms. The highest BCUT2D eigenvalue weighted by molar-refractivity contribution is 6.02. The number of carboxylic acids is 1. The largest absolute Gasteiger partial charge is 0.487 e. The monoisotopic (exact) mass is 420 g/mol. The van der Waals surface area contributed by atoms with Gasteiger partial charge in [0.05, 0.1) is 12.3 Å². The Labute approximate surface area is 180 Å². The molecule has 1 amide bonds. The topological polar surface area (TPSA) is 97.8 Å². The Morgan fingerprint density at radius 3 is 2.52 bits per heavy atom. The highest BCUT2D eigenvalue weighted by Gasteiger charge is 2.28. The number of aliphatic carboxylic acids is 1. The lowest BCUT2D eigenvalue weighted by atomic mass is 9.96. The number of carbonyl (C=O) groups excluding carboxylic acids is 1. The third-order valence-electron chi connectivity index (χ3n) is 4.85. The first-order valence-electron chi connectivity index (χ1n) is 9.77. The van der Waals surface area contributed by atoms with Gasteiger partial charge in [-0.2, -0.15) is 0 Å². The lowest BCUT2D eigenvalue weighted by Gasteiger charge is -2.21. The molecular formula is C24H24N2O5. The molecule has 0 bridgehead atoms. The van der Waals surface area contributed by atoms with Gasteiger partial charge in [-0.15, -0.1) is 0 Å². The van der Waals surface area contributed by atoms with Crippen LogP contribution < -0.4 is 10.1 Å². The average Bonchev–Trinajstić information content (AvgIpc) is 2.81. The van der Waals surface area contributed by atoms with Gasteiger partial charge in [-0.3, -0.25) is 9.78 Å². The summed E-state index contributed by atoms with van der Waals surface area (Å²) in [7, 11) is 1.40. The van der Waals surface area contributed by atoms with E-state index in [9.17, 15) is 14.7 Å². The second-order valence-electron chi connectivity index (χ2n) is 6.95. The van der Waals surface area contributed by atoms with Crippen molar-refractivity contribution in [2.45, 2.75) is 25.7 Å². The van der Waals surface area contributed by atoms with Gasteiger partial charge in [0.2, 0.25) is 0 Å². The maximum Gasteiger partial charge on any atom is 0.328 e. The molecule has 3 rings (SSSR count). The minimum Gasteiger partial charge on any atom is -0.487 e. The molecule has 0 radical (unpaired) electrons. The number of rotatable bonds is 9. The van der Waals surface area contributed by atoms with E-state index in [0.717, 1.165) is 11.1 Å². The molecule has 2 unspecified atom stereocenters. The standard InChI is InChI=1S/C24H24N2O5/c1-16(30-2)22(24(28)29)26-23(27)20-11-10-17(15-31-19-9-6-12-25-14-19)13-21(20)18-7-4-3-5-8-18/h3-14,16,22H,15H2,1-2H3,(H,26,27)(H,28,29). The summed E-state index contributed by atoms with van der Waals surface area (Å²) in [4.78, 5) is 28.6. The Kier molecular flexibility index (Phi) is 7.35. The predicted molar refractivity (Wildman–Crippen MR) is 116 cm³/mol. The van der Waals surface area contributed by atoms with Crippen LogP contribution in [-0.4, -0.2) is 41.2 Å². The van der Waals surface area contributed by atoms with Gasteiger partial charge in [0.1, 0.15) is 12.4 Å². The van der Waals surface area contributed by atoms with Gasteiger partial charge in [0, 0.05) is 18.9 Å². The van der Waals surface area contributed by atoms with Crippen molar-refractivity contribution < 1.29 is 24.2 Å². The molecule has 1 aromatic heterocycles. The number of amides is 1. The maximum absolute atomic E-state index is 13.0. The van der Waals surface area contributed by atoms with E-state index < -0.39 is 24.0 Å². The van der Waals surface area contributed by atoms with Crippen LogP contribution in [0.2, 0.25) is 0 Å². The molecule has 0 spiro atoms. The van der Waals surface area contributed by atoms with Crippen molar-refractivity contribution in [3.05, 3.63) is 84.2 Å². The lowest BCUT2D eigenvalue weighted by molar-refractivity contribution is -0.142.